The van der Waals surface area contributed by atoms with Gasteiger partial charge in [-0.15, -0.1) is 11.8 Å². The van der Waals surface area contributed by atoms with Crippen LogP contribution in [0.5, 0.6) is 0 Å². The van der Waals surface area contributed by atoms with Crippen molar-refractivity contribution < 1.29 is 9.59 Å². The Morgan fingerprint density at radius 3 is 2.43 bits per heavy atom. The van der Waals surface area contributed by atoms with Gasteiger partial charge in [-0.1, -0.05) is 72.8 Å². The maximum absolute atomic E-state index is 12.9. The Hall–Kier alpha value is -3.83. The van der Waals surface area contributed by atoms with Crippen molar-refractivity contribution in [2.45, 2.75) is 18.3 Å². The highest BCUT2D eigenvalue weighted by Gasteiger charge is 2.32. The number of carbonyl (C=O) groups excluding carboxylic acids is 2. The van der Waals surface area contributed by atoms with Crippen LogP contribution in [-0.2, 0) is 17.8 Å². The Morgan fingerprint density at radius 2 is 1.60 bits per heavy atom. The fraction of sp³-hybridized carbons (Fsp3) is 0.133. The normalized spacial score (nSPS) is 16.2. The number of hydrogen-bond acceptors (Lipinski definition) is 3. The molecule has 1 saturated heterocycles. The first-order chi connectivity index (χ1) is 17.2. The molecule has 35 heavy (non-hydrogen) atoms. The molecule has 2 amide bonds. The molecule has 1 heterocycles. The van der Waals surface area contributed by atoms with Gasteiger partial charge in [0.2, 0.25) is 5.91 Å². The maximum atomic E-state index is 12.9. The second kappa shape index (κ2) is 9.08. The smallest absolute Gasteiger partial charge is 0.255 e. The predicted molar refractivity (Wildman–Crippen MR) is 141 cm³/mol. The van der Waals surface area contributed by atoms with E-state index in [4.69, 9.17) is 0 Å². The van der Waals surface area contributed by atoms with Crippen LogP contribution >= 0.6 is 11.8 Å². The van der Waals surface area contributed by atoms with Gasteiger partial charge in [0.05, 0.1) is 5.75 Å². The highest BCUT2D eigenvalue weighted by atomic mass is 32.2. The lowest BCUT2D eigenvalue weighted by Gasteiger charge is -2.24. The first-order valence-corrected chi connectivity index (χ1v) is 12.8. The Balaban J connectivity index is 1.15. The van der Waals surface area contributed by atoms with E-state index in [1.807, 2.05) is 65.6 Å². The summed E-state index contributed by atoms with van der Waals surface area (Å²) in [6.07, 6.45) is 0.890. The molecule has 1 aliphatic carbocycles. The monoisotopic (exact) mass is 476 g/mol. The molecular formula is C30H24N2O2S. The van der Waals surface area contributed by atoms with E-state index in [0.29, 0.717) is 17.9 Å². The van der Waals surface area contributed by atoms with Crippen LogP contribution in [-0.4, -0.2) is 22.5 Å². The number of thioether (sulfide) groups is 1. The van der Waals surface area contributed by atoms with Gasteiger partial charge in [0.1, 0.15) is 5.37 Å². The zero-order valence-electron chi connectivity index (χ0n) is 19.1. The minimum Gasteiger partial charge on any atom is -0.322 e. The summed E-state index contributed by atoms with van der Waals surface area (Å²) >= 11 is 1.63. The van der Waals surface area contributed by atoms with Crippen LogP contribution in [0.4, 0.5) is 5.69 Å². The molecule has 0 radical (unpaired) electrons. The third kappa shape index (κ3) is 4.24. The summed E-state index contributed by atoms with van der Waals surface area (Å²) in [5.74, 6) is 0.481. The molecule has 0 spiro atoms. The van der Waals surface area contributed by atoms with Gasteiger partial charge in [0, 0.05) is 17.8 Å². The van der Waals surface area contributed by atoms with Crippen molar-refractivity contribution in [1.29, 1.82) is 0 Å². The molecule has 0 aromatic heterocycles. The minimum atomic E-state index is -0.136. The molecule has 0 saturated carbocycles. The lowest BCUT2D eigenvalue weighted by Crippen LogP contribution is -2.27. The van der Waals surface area contributed by atoms with Crippen LogP contribution in [0.2, 0.25) is 0 Å². The zero-order valence-corrected chi connectivity index (χ0v) is 19.9. The van der Waals surface area contributed by atoms with E-state index in [2.05, 4.69) is 41.7 Å². The first kappa shape index (κ1) is 21.7. The topological polar surface area (TPSA) is 49.4 Å². The van der Waals surface area contributed by atoms with Gasteiger partial charge < -0.3 is 10.2 Å². The van der Waals surface area contributed by atoms with Crippen molar-refractivity contribution in [3.63, 3.8) is 0 Å². The van der Waals surface area contributed by atoms with E-state index in [-0.39, 0.29) is 17.2 Å². The number of hydrogen-bond donors (Lipinski definition) is 1. The molecule has 4 aromatic rings. The number of benzene rings is 4. The summed E-state index contributed by atoms with van der Waals surface area (Å²) in [5, 5.41) is 3.00. The van der Waals surface area contributed by atoms with E-state index < -0.39 is 0 Å². The predicted octanol–water partition coefficient (Wildman–Crippen LogP) is 6.28. The van der Waals surface area contributed by atoms with Crippen LogP contribution in [0.3, 0.4) is 0 Å². The van der Waals surface area contributed by atoms with E-state index in [1.165, 1.54) is 22.3 Å². The summed E-state index contributed by atoms with van der Waals surface area (Å²) in [6, 6.07) is 32.2. The molecular weight excluding hydrogens is 452 g/mol. The second-order valence-corrected chi connectivity index (χ2v) is 10.0. The summed E-state index contributed by atoms with van der Waals surface area (Å²) < 4.78 is 0. The Kier molecular flexibility index (Phi) is 5.63. The largest absolute Gasteiger partial charge is 0.322 e. The molecule has 5 heteroatoms. The summed E-state index contributed by atoms with van der Waals surface area (Å²) in [6.45, 7) is 0.585. The standard InChI is InChI=1S/C30H24N2O2S/c33-28-19-35-30(32(28)18-20-6-2-1-3-7-20)22-12-10-21(11-13-22)29(34)31-25-14-15-27-24(17-25)16-23-8-4-5-9-26(23)27/h1-15,17,30H,16,18-19H2,(H,31,34). The molecule has 1 N–H and O–H groups in total. The van der Waals surface area contributed by atoms with Gasteiger partial charge in [-0.05, 0) is 64.1 Å². The molecule has 4 aromatic carbocycles. The molecule has 1 atom stereocenters. The zero-order chi connectivity index (χ0) is 23.8. The fourth-order valence-corrected chi connectivity index (χ4v) is 6.09. The molecule has 1 aliphatic heterocycles. The highest BCUT2D eigenvalue weighted by molar-refractivity contribution is 8.00. The van der Waals surface area contributed by atoms with E-state index >= 15 is 0 Å². The lowest BCUT2D eigenvalue weighted by molar-refractivity contribution is -0.128. The number of amides is 2. The third-order valence-electron chi connectivity index (χ3n) is 6.67. The van der Waals surface area contributed by atoms with Crippen molar-refractivity contribution >= 4 is 29.3 Å². The SMILES string of the molecule is O=C(Nc1ccc2c(c1)Cc1ccccc1-2)c1ccc(C2SCC(=O)N2Cc2ccccc2)cc1. The van der Waals surface area contributed by atoms with Crippen LogP contribution < -0.4 is 5.32 Å². The van der Waals surface area contributed by atoms with Gasteiger partial charge in [-0.2, -0.15) is 0 Å². The van der Waals surface area contributed by atoms with Crippen molar-refractivity contribution in [2.24, 2.45) is 0 Å². The van der Waals surface area contributed by atoms with Gasteiger partial charge in [0.25, 0.3) is 5.91 Å². The van der Waals surface area contributed by atoms with Crippen molar-refractivity contribution in [3.8, 4) is 11.1 Å². The summed E-state index contributed by atoms with van der Waals surface area (Å²) in [5.41, 5.74) is 8.63. The number of nitrogens with one attached hydrogen (secondary N) is 1. The van der Waals surface area contributed by atoms with Crippen LogP contribution in [0.1, 0.15) is 38.0 Å². The molecule has 0 bridgehead atoms. The summed E-state index contributed by atoms with van der Waals surface area (Å²) in [7, 11) is 0. The van der Waals surface area contributed by atoms with E-state index in [1.54, 1.807) is 11.8 Å². The maximum Gasteiger partial charge on any atom is 0.255 e. The average molecular weight is 477 g/mol. The molecule has 4 nitrogen and oxygen atoms in total. The molecule has 1 unspecified atom stereocenters. The Morgan fingerprint density at radius 1 is 0.857 bits per heavy atom. The van der Waals surface area contributed by atoms with Crippen molar-refractivity contribution in [3.05, 3.63) is 125 Å². The number of nitrogens with zero attached hydrogens (tertiary/aromatic N) is 1. The van der Waals surface area contributed by atoms with Crippen LogP contribution in [0.15, 0.2) is 97.1 Å². The highest BCUT2D eigenvalue weighted by Crippen LogP contribution is 2.40. The fourth-order valence-electron chi connectivity index (χ4n) is 4.91. The molecule has 172 valence electrons. The van der Waals surface area contributed by atoms with Crippen LogP contribution in [0, 0.1) is 0 Å². The molecule has 2 aliphatic rings. The lowest BCUT2D eigenvalue weighted by atomic mass is 10.1. The van der Waals surface area contributed by atoms with Gasteiger partial charge in [-0.25, -0.2) is 0 Å². The van der Waals surface area contributed by atoms with Crippen molar-refractivity contribution in [1.82, 2.24) is 4.90 Å². The number of fused-ring (bicyclic) bond motifs is 3. The average Bonchev–Trinajstić information content (AvgIpc) is 3.44. The minimum absolute atomic E-state index is 0.0434. The number of rotatable bonds is 5. The third-order valence-corrected chi connectivity index (χ3v) is 7.93. The van der Waals surface area contributed by atoms with Gasteiger partial charge >= 0.3 is 0 Å². The van der Waals surface area contributed by atoms with Crippen molar-refractivity contribution in [2.75, 3.05) is 11.1 Å². The second-order valence-electron chi connectivity index (χ2n) is 8.95. The van der Waals surface area contributed by atoms with Crippen LogP contribution in [0.25, 0.3) is 11.1 Å². The summed E-state index contributed by atoms with van der Waals surface area (Å²) in [4.78, 5) is 27.4. The first-order valence-electron chi connectivity index (χ1n) is 11.7. The molecule has 6 rings (SSSR count). The Bertz CT molecular complexity index is 1420. The van der Waals surface area contributed by atoms with Gasteiger partial charge in [0.15, 0.2) is 0 Å². The van der Waals surface area contributed by atoms with Gasteiger partial charge in [-0.3, -0.25) is 9.59 Å². The van der Waals surface area contributed by atoms with E-state index in [0.717, 1.165) is 23.2 Å². The molecule has 1 fully saturated rings. The Labute approximate surface area is 209 Å². The number of carbonyl (C=O) groups is 2. The quantitative estimate of drug-likeness (QED) is 0.325. The van der Waals surface area contributed by atoms with E-state index in [9.17, 15) is 9.59 Å². The number of anilines is 1.